The van der Waals surface area contributed by atoms with Crippen LogP contribution in [-0.4, -0.2) is 10.9 Å². The van der Waals surface area contributed by atoms with Crippen LogP contribution in [0.15, 0.2) is 54.7 Å². The maximum atomic E-state index is 11.4. The molecule has 1 heterocycles. The molecule has 0 radical (unpaired) electrons. The number of hydrogen-bond donors (Lipinski definition) is 2. The van der Waals surface area contributed by atoms with Crippen LogP contribution in [0.3, 0.4) is 0 Å². The van der Waals surface area contributed by atoms with Gasteiger partial charge in [-0.05, 0) is 22.4 Å². The van der Waals surface area contributed by atoms with E-state index in [9.17, 15) is 4.79 Å². The molecular weight excluding hydrogens is 250 g/mol. The zero-order valence-electron chi connectivity index (χ0n) is 10.7. The van der Waals surface area contributed by atoms with E-state index in [1.54, 1.807) is 12.3 Å². The van der Waals surface area contributed by atoms with Crippen LogP contribution >= 0.6 is 0 Å². The van der Waals surface area contributed by atoms with E-state index in [0.29, 0.717) is 0 Å². The summed E-state index contributed by atoms with van der Waals surface area (Å²) in [4.78, 5) is 15.4. The van der Waals surface area contributed by atoms with Crippen molar-refractivity contribution in [2.24, 2.45) is 5.73 Å². The highest BCUT2D eigenvalue weighted by molar-refractivity contribution is 6.01. The second kappa shape index (κ2) is 4.66. The zero-order valence-corrected chi connectivity index (χ0v) is 10.7. The van der Waals surface area contributed by atoms with Gasteiger partial charge < -0.3 is 11.5 Å². The van der Waals surface area contributed by atoms with Gasteiger partial charge in [0.1, 0.15) is 5.82 Å². The van der Waals surface area contributed by atoms with Gasteiger partial charge in [0.25, 0.3) is 5.91 Å². The van der Waals surface area contributed by atoms with E-state index < -0.39 is 5.91 Å². The zero-order chi connectivity index (χ0) is 14.1. The summed E-state index contributed by atoms with van der Waals surface area (Å²) < 4.78 is 0. The molecule has 0 aliphatic heterocycles. The number of nitrogens with two attached hydrogens (primary N) is 2. The summed E-state index contributed by atoms with van der Waals surface area (Å²) in [5.41, 5.74) is 13.1. The van der Waals surface area contributed by atoms with Crippen molar-refractivity contribution >= 4 is 22.5 Å². The molecule has 1 aromatic heterocycles. The molecule has 2 aromatic carbocycles. The Hall–Kier alpha value is -2.88. The first kappa shape index (κ1) is 12.2. The molecule has 4 nitrogen and oxygen atoms in total. The Morgan fingerprint density at radius 1 is 1.05 bits per heavy atom. The number of rotatable bonds is 2. The number of nitrogens with zero attached hydrogens (tertiary/aromatic N) is 1. The van der Waals surface area contributed by atoms with Crippen molar-refractivity contribution in [3.63, 3.8) is 0 Å². The fourth-order valence-corrected chi connectivity index (χ4v) is 2.30. The second-order valence-corrected chi connectivity index (χ2v) is 4.55. The van der Waals surface area contributed by atoms with E-state index in [2.05, 4.69) is 4.98 Å². The highest BCUT2D eigenvalue weighted by Crippen LogP contribution is 2.29. The summed E-state index contributed by atoms with van der Waals surface area (Å²) in [7, 11) is 0. The molecule has 0 fully saturated rings. The van der Waals surface area contributed by atoms with Gasteiger partial charge in [0, 0.05) is 11.8 Å². The number of hydrogen-bond acceptors (Lipinski definition) is 3. The van der Waals surface area contributed by atoms with Gasteiger partial charge in [0.15, 0.2) is 0 Å². The third kappa shape index (κ3) is 1.97. The lowest BCUT2D eigenvalue weighted by atomic mass is 9.98. The van der Waals surface area contributed by atoms with Gasteiger partial charge in [-0.2, -0.15) is 0 Å². The third-order valence-corrected chi connectivity index (χ3v) is 3.28. The maximum Gasteiger partial charge on any atom is 0.252 e. The van der Waals surface area contributed by atoms with Crippen LogP contribution in [0.4, 0.5) is 5.82 Å². The first-order chi connectivity index (χ1) is 9.66. The first-order valence-corrected chi connectivity index (χ1v) is 6.20. The molecule has 3 rings (SSSR count). The van der Waals surface area contributed by atoms with Gasteiger partial charge in [-0.3, -0.25) is 4.79 Å². The van der Waals surface area contributed by atoms with Crippen LogP contribution in [0.1, 0.15) is 10.4 Å². The van der Waals surface area contributed by atoms with E-state index in [-0.39, 0.29) is 11.4 Å². The van der Waals surface area contributed by atoms with Crippen molar-refractivity contribution in [3.8, 4) is 11.1 Å². The molecule has 0 unspecified atom stereocenters. The maximum absolute atomic E-state index is 11.4. The minimum atomic E-state index is -0.572. The monoisotopic (exact) mass is 263 g/mol. The smallest absolute Gasteiger partial charge is 0.252 e. The number of pyridine rings is 1. The number of fused-ring (bicyclic) bond motifs is 1. The normalized spacial score (nSPS) is 10.6. The standard InChI is InChI=1S/C16H13N3O/c17-15-14(16(18)20)8-11(9-19-15)13-7-3-5-10-4-1-2-6-12(10)13/h1-9H,(H2,17,19)(H2,18,20). The van der Waals surface area contributed by atoms with Crippen LogP contribution in [-0.2, 0) is 0 Å². The largest absolute Gasteiger partial charge is 0.383 e. The van der Waals surface area contributed by atoms with Gasteiger partial charge in [0.05, 0.1) is 5.56 Å². The number of nitrogen functional groups attached to an aromatic ring is 1. The topological polar surface area (TPSA) is 82.0 Å². The third-order valence-electron chi connectivity index (χ3n) is 3.28. The van der Waals surface area contributed by atoms with Crippen molar-refractivity contribution in [3.05, 3.63) is 60.3 Å². The van der Waals surface area contributed by atoms with Gasteiger partial charge in [-0.1, -0.05) is 42.5 Å². The number of anilines is 1. The second-order valence-electron chi connectivity index (χ2n) is 4.55. The fourth-order valence-electron chi connectivity index (χ4n) is 2.30. The average Bonchev–Trinajstić information content (AvgIpc) is 2.47. The lowest BCUT2D eigenvalue weighted by molar-refractivity contribution is 0.100. The molecule has 0 aliphatic rings. The Kier molecular flexibility index (Phi) is 2.84. The van der Waals surface area contributed by atoms with Crippen molar-refractivity contribution in [1.82, 2.24) is 4.98 Å². The minimum absolute atomic E-state index is 0.154. The molecule has 20 heavy (non-hydrogen) atoms. The van der Waals surface area contributed by atoms with Crippen molar-refractivity contribution < 1.29 is 4.79 Å². The molecule has 0 aliphatic carbocycles. The predicted octanol–water partition coefficient (Wildman–Crippen LogP) is 2.58. The number of carbonyl (C=O) groups is 1. The van der Waals surface area contributed by atoms with Gasteiger partial charge in [0.2, 0.25) is 0 Å². The lowest BCUT2D eigenvalue weighted by Gasteiger charge is -2.08. The molecule has 4 heteroatoms. The molecule has 0 saturated heterocycles. The Labute approximate surface area is 116 Å². The van der Waals surface area contributed by atoms with E-state index in [1.165, 1.54) is 0 Å². The summed E-state index contributed by atoms with van der Waals surface area (Å²) in [6, 6.07) is 15.7. The van der Waals surface area contributed by atoms with E-state index in [0.717, 1.165) is 21.9 Å². The molecule has 0 saturated carbocycles. The molecule has 3 aromatic rings. The summed E-state index contributed by atoms with van der Waals surface area (Å²) >= 11 is 0. The number of amides is 1. The average molecular weight is 263 g/mol. The Morgan fingerprint density at radius 2 is 1.80 bits per heavy atom. The van der Waals surface area contributed by atoms with Crippen LogP contribution in [0.5, 0.6) is 0 Å². The molecule has 0 atom stereocenters. The number of aromatic nitrogens is 1. The molecule has 4 N–H and O–H groups in total. The quantitative estimate of drug-likeness (QED) is 0.745. The van der Waals surface area contributed by atoms with Gasteiger partial charge in [-0.15, -0.1) is 0 Å². The summed E-state index contributed by atoms with van der Waals surface area (Å²) in [5.74, 6) is -0.418. The van der Waals surface area contributed by atoms with Gasteiger partial charge in [-0.25, -0.2) is 4.98 Å². The summed E-state index contributed by atoms with van der Waals surface area (Å²) in [6.45, 7) is 0. The van der Waals surface area contributed by atoms with Crippen molar-refractivity contribution in [2.45, 2.75) is 0 Å². The first-order valence-electron chi connectivity index (χ1n) is 6.20. The summed E-state index contributed by atoms with van der Waals surface area (Å²) in [6.07, 6.45) is 1.66. The van der Waals surface area contributed by atoms with Crippen molar-refractivity contribution in [2.75, 3.05) is 5.73 Å². The van der Waals surface area contributed by atoms with Crippen molar-refractivity contribution in [1.29, 1.82) is 0 Å². The Balaban J connectivity index is 2.26. The molecule has 98 valence electrons. The van der Waals surface area contributed by atoms with Crippen LogP contribution < -0.4 is 11.5 Å². The molecule has 0 bridgehead atoms. The number of benzene rings is 2. The molecular formula is C16H13N3O. The van der Waals surface area contributed by atoms with E-state index >= 15 is 0 Å². The van der Waals surface area contributed by atoms with Crippen LogP contribution in [0.25, 0.3) is 21.9 Å². The molecule has 1 amide bonds. The predicted molar refractivity (Wildman–Crippen MR) is 80.1 cm³/mol. The minimum Gasteiger partial charge on any atom is -0.383 e. The van der Waals surface area contributed by atoms with E-state index in [4.69, 9.17) is 11.5 Å². The Morgan fingerprint density at radius 3 is 2.60 bits per heavy atom. The highest BCUT2D eigenvalue weighted by atomic mass is 16.1. The Bertz CT molecular complexity index is 806. The number of carbonyl (C=O) groups excluding carboxylic acids is 1. The molecule has 0 spiro atoms. The highest BCUT2D eigenvalue weighted by Gasteiger charge is 2.10. The summed E-state index contributed by atoms with van der Waals surface area (Å²) in [5, 5.41) is 2.22. The SMILES string of the molecule is NC(=O)c1cc(-c2cccc3ccccc23)cnc1N. The lowest BCUT2D eigenvalue weighted by Crippen LogP contribution is -2.14. The van der Waals surface area contributed by atoms with Crippen LogP contribution in [0, 0.1) is 0 Å². The van der Waals surface area contributed by atoms with Gasteiger partial charge >= 0.3 is 0 Å². The van der Waals surface area contributed by atoms with Crippen LogP contribution in [0.2, 0.25) is 0 Å². The fraction of sp³-hybridized carbons (Fsp3) is 0. The number of primary amides is 1. The van der Waals surface area contributed by atoms with E-state index in [1.807, 2.05) is 42.5 Å².